The van der Waals surface area contributed by atoms with Crippen molar-refractivity contribution in [3.8, 4) is 0 Å². The number of nitrogens with zero attached hydrogens (tertiary/aromatic N) is 2. The minimum atomic E-state index is -3.77. The second-order valence-corrected chi connectivity index (χ2v) is 7.52. The van der Waals surface area contributed by atoms with E-state index < -0.39 is 34.2 Å². The number of halogens is 1. The number of rotatable bonds is 9. The van der Waals surface area contributed by atoms with Crippen LogP contribution >= 0.6 is 11.6 Å². The maximum atomic E-state index is 12.3. The Morgan fingerprint density at radius 1 is 1.12 bits per heavy atom. The number of hydrogen-bond donors (Lipinski definition) is 1. The van der Waals surface area contributed by atoms with E-state index in [-0.39, 0.29) is 19.6 Å². The van der Waals surface area contributed by atoms with Gasteiger partial charge in [0.15, 0.2) is 0 Å². The fraction of sp³-hybridized carbons (Fsp3) is 0.467. The van der Waals surface area contributed by atoms with Gasteiger partial charge in [-0.05, 0) is 17.7 Å². The molecule has 24 heavy (non-hydrogen) atoms. The molecule has 0 unspecified atom stereocenters. The number of aliphatic carboxylic acids is 1. The van der Waals surface area contributed by atoms with E-state index in [9.17, 15) is 18.0 Å². The second kappa shape index (κ2) is 9.00. The molecule has 0 spiro atoms. The third kappa shape index (κ3) is 6.10. The zero-order chi connectivity index (χ0) is 18.3. The Morgan fingerprint density at radius 2 is 1.67 bits per heavy atom. The summed E-state index contributed by atoms with van der Waals surface area (Å²) >= 11 is 5.79. The molecule has 0 radical (unpaired) electrons. The lowest BCUT2D eigenvalue weighted by Crippen LogP contribution is -2.43. The van der Waals surface area contributed by atoms with Crippen molar-refractivity contribution in [3.05, 3.63) is 34.9 Å². The number of sulfonamides is 1. The highest BCUT2D eigenvalue weighted by Gasteiger charge is 2.27. The maximum Gasteiger partial charge on any atom is 0.323 e. The van der Waals surface area contributed by atoms with Crippen molar-refractivity contribution in [1.29, 1.82) is 0 Å². The minimum absolute atomic E-state index is 0.00390. The van der Waals surface area contributed by atoms with Crippen LogP contribution in [-0.2, 0) is 26.2 Å². The Labute approximate surface area is 146 Å². The van der Waals surface area contributed by atoms with Crippen LogP contribution in [0.4, 0.5) is 0 Å². The topological polar surface area (TPSA) is 95.0 Å². The van der Waals surface area contributed by atoms with Gasteiger partial charge in [-0.15, -0.1) is 0 Å². The van der Waals surface area contributed by atoms with Crippen molar-refractivity contribution in [2.24, 2.45) is 0 Å². The van der Waals surface area contributed by atoms with Gasteiger partial charge in [0, 0.05) is 24.7 Å². The van der Waals surface area contributed by atoms with Crippen LogP contribution in [0.1, 0.15) is 19.4 Å². The molecule has 1 N–H and O–H groups in total. The minimum Gasteiger partial charge on any atom is -0.480 e. The van der Waals surface area contributed by atoms with Crippen molar-refractivity contribution in [3.63, 3.8) is 0 Å². The number of carbonyl (C=O) groups excluding carboxylic acids is 1. The first kappa shape index (κ1) is 20.4. The maximum absolute atomic E-state index is 12.3. The predicted octanol–water partition coefficient (Wildman–Crippen LogP) is 1.42. The van der Waals surface area contributed by atoms with E-state index in [0.29, 0.717) is 10.6 Å². The largest absolute Gasteiger partial charge is 0.480 e. The van der Waals surface area contributed by atoms with Gasteiger partial charge in [-0.25, -0.2) is 12.7 Å². The first-order valence-corrected chi connectivity index (χ1v) is 9.40. The fourth-order valence-electron chi connectivity index (χ4n) is 2.16. The van der Waals surface area contributed by atoms with Gasteiger partial charge in [-0.2, -0.15) is 0 Å². The van der Waals surface area contributed by atoms with Gasteiger partial charge in [0.1, 0.15) is 12.3 Å². The Kier molecular flexibility index (Phi) is 7.65. The molecule has 0 aliphatic heterocycles. The number of hydrogen-bond acceptors (Lipinski definition) is 4. The molecule has 0 atom stereocenters. The standard InChI is InChI=1S/C15H21ClN2O5S/c1-3-18(4-2)24(22,23)11-14(19)17(10-15(20)21)9-12-5-7-13(16)8-6-12/h5-8H,3-4,9-11H2,1-2H3,(H,20,21). The van der Waals surface area contributed by atoms with Crippen LogP contribution in [0.5, 0.6) is 0 Å². The van der Waals surface area contributed by atoms with Gasteiger partial charge in [0.2, 0.25) is 15.9 Å². The molecule has 0 heterocycles. The summed E-state index contributed by atoms with van der Waals surface area (Å²) in [7, 11) is -3.77. The van der Waals surface area contributed by atoms with E-state index in [1.54, 1.807) is 38.1 Å². The summed E-state index contributed by atoms with van der Waals surface area (Å²) in [6, 6.07) is 6.55. The average molecular weight is 377 g/mol. The lowest BCUT2D eigenvalue weighted by atomic mass is 10.2. The molecule has 0 aliphatic rings. The van der Waals surface area contributed by atoms with Gasteiger partial charge >= 0.3 is 5.97 Å². The van der Waals surface area contributed by atoms with Crippen LogP contribution in [0.3, 0.4) is 0 Å². The van der Waals surface area contributed by atoms with Gasteiger partial charge in [0.05, 0.1) is 0 Å². The van der Waals surface area contributed by atoms with Gasteiger partial charge in [-0.3, -0.25) is 9.59 Å². The van der Waals surface area contributed by atoms with E-state index >= 15 is 0 Å². The van der Waals surface area contributed by atoms with Crippen LogP contribution in [0.25, 0.3) is 0 Å². The summed E-state index contributed by atoms with van der Waals surface area (Å²) in [5.74, 6) is -2.72. The summed E-state index contributed by atoms with van der Waals surface area (Å²) in [5.41, 5.74) is 0.661. The molecular weight excluding hydrogens is 356 g/mol. The summed E-state index contributed by atoms with van der Waals surface area (Å²) < 4.78 is 25.6. The van der Waals surface area contributed by atoms with Crippen LogP contribution in [-0.4, -0.2) is 60.0 Å². The third-order valence-electron chi connectivity index (χ3n) is 3.37. The normalized spacial score (nSPS) is 11.5. The van der Waals surface area contributed by atoms with Gasteiger partial charge in [0.25, 0.3) is 0 Å². The first-order valence-electron chi connectivity index (χ1n) is 7.41. The lowest BCUT2D eigenvalue weighted by Gasteiger charge is -2.23. The predicted molar refractivity (Wildman–Crippen MR) is 91.2 cm³/mol. The Bertz CT molecular complexity index is 672. The van der Waals surface area contributed by atoms with Crippen molar-refractivity contribution in [2.75, 3.05) is 25.4 Å². The smallest absolute Gasteiger partial charge is 0.323 e. The highest BCUT2D eigenvalue weighted by Crippen LogP contribution is 2.12. The molecule has 9 heteroatoms. The van der Waals surface area contributed by atoms with E-state index in [1.807, 2.05) is 0 Å². The molecule has 1 aromatic carbocycles. The summed E-state index contributed by atoms with van der Waals surface area (Å²) in [4.78, 5) is 24.3. The molecule has 0 aliphatic carbocycles. The number of carbonyl (C=O) groups is 2. The zero-order valence-corrected chi connectivity index (χ0v) is 15.2. The summed E-state index contributed by atoms with van der Waals surface area (Å²) in [6.07, 6.45) is 0. The molecule has 1 aromatic rings. The Balaban J connectivity index is 2.92. The summed E-state index contributed by atoms with van der Waals surface area (Å²) in [5, 5.41) is 9.49. The van der Waals surface area contributed by atoms with Crippen LogP contribution in [0, 0.1) is 0 Å². The zero-order valence-electron chi connectivity index (χ0n) is 13.6. The molecule has 0 saturated heterocycles. The average Bonchev–Trinajstić information content (AvgIpc) is 2.48. The molecule has 0 aromatic heterocycles. The molecule has 7 nitrogen and oxygen atoms in total. The molecule has 1 amide bonds. The Morgan fingerprint density at radius 3 is 2.12 bits per heavy atom. The molecule has 0 saturated carbocycles. The number of benzene rings is 1. The lowest BCUT2D eigenvalue weighted by molar-refractivity contribution is -0.143. The van der Waals surface area contributed by atoms with E-state index in [4.69, 9.17) is 16.7 Å². The highest BCUT2D eigenvalue weighted by atomic mass is 35.5. The molecule has 1 rings (SSSR count). The third-order valence-corrected chi connectivity index (χ3v) is 5.54. The molecule has 0 fully saturated rings. The summed E-state index contributed by atoms with van der Waals surface area (Å²) in [6.45, 7) is 3.28. The van der Waals surface area contributed by atoms with Crippen LogP contribution in [0.2, 0.25) is 5.02 Å². The van der Waals surface area contributed by atoms with Crippen LogP contribution < -0.4 is 0 Å². The number of carboxylic acid groups (broad SMARTS) is 1. The van der Waals surface area contributed by atoms with E-state index in [2.05, 4.69) is 0 Å². The van der Waals surface area contributed by atoms with Crippen molar-refractivity contribution >= 4 is 33.5 Å². The monoisotopic (exact) mass is 376 g/mol. The van der Waals surface area contributed by atoms with Crippen molar-refractivity contribution < 1.29 is 23.1 Å². The Hall–Kier alpha value is -1.64. The van der Waals surface area contributed by atoms with Crippen molar-refractivity contribution in [1.82, 2.24) is 9.21 Å². The molecule has 134 valence electrons. The first-order chi connectivity index (χ1) is 11.2. The van der Waals surface area contributed by atoms with Gasteiger partial charge < -0.3 is 10.0 Å². The van der Waals surface area contributed by atoms with E-state index in [0.717, 1.165) is 4.90 Å². The van der Waals surface area contributed by atoms with Crippen LogP contribution in [0.15, 0.2) is 24.3 Å². The van der Waals surface area contributed by atoms with E-state index in [1.165, 1.54) is 4.31 Å². The number of amides is 1. The molecular formula is C15H21ClN2O5S. The van der Waals surface area contributed by atoms with Crippen molar-refractivity contribution in [2.45, 2.75) is 20.4 Å². The quantitative estimate of drug-likeness (QED) is 0.703. The van der Waals surface area contributed by atoms with Gasteiger partial charge in [-0.1, -0.05) is 37.6 Å². The molecule has 0 bridgehead atoms. The fourth-order valence-corrected chi connectivity index (χ4v) is 3.75. The second-order valence-electron chi connectivity index (χ2n) is 5.11. The highest BCUT2D eigenvalue weighted by molar-refractivity contribution is 7.89. The SMILES string of the molecule is CCN(CC)S(=O)(=O)CC(=O)N(CC(=O)O)Cc1ccc(Cl)cc1. The number of carboxylic acids is 1.